The first-order chi connectivity index (χ1) is 10.7. The number of nitrogens with two attached hydrogens (primary N) is 1. The van der Waals surface area contributed by atoms with E-state index in [1.165, 1.54) is 12.8 Å². The van der Waals surface area contributed by atoms with Gasteiger partial charge in [0.25, 0.3) is 5.56 Å². The summed E-state index contributed by atoms with van der Waals surface area (Å²) in [4.78, 5) is 12.8. The number of nitrogens with zero attached hydrogens (tertiary/aromatic N) is 1. The van der Waals surface area contributed by atoms with Crippen LogP contribution in [0.2, 0.25) is 0 Å². The molecule has 0 bridgehead atoms. The summed E-state index contributed by atoms with van der Waals surface area (Å²) in [5.74, 6) is 0.785. The third-order valence-electron chi connectivity index (χ3n) is 4.53. The van der Waals surface area contributed by atoms with Gasteiger partial charge in [-0.15, -0.1) is 0 Å². The van der Waals surface area contributed by atoms with E-state index in [-0.39, 0.29) is 5.56 Å². The maximum Gasteiger partial charge on any atom is 0.255 e. The molecule has 1 aromatic carbocycles. The van der Waals surface area contributed by atoms with Gasteiger partial charge in [0, 0.05) is 17.8 Å². The highest BCUT2D eigenvalue weighted by Gasteiger charge is 2.20. The van der Waals surface area contributed by atoms with E-state index in [4.69, 9.17) is 10.5 Å². The number of rotatable bonds is 4. The Morgan fingerprint density at radius 3 is 2.50 bits per heavy atom. The van der Waals surface area contributed by atoms with Crippen molar-refractivity contribution in [1.29, 1.82) is 0 Å². The summed E-state index contributed by atoms with van der Waals surface area (Å²) in [5.41, 5.74) is 7.93. The SMILES string of the molecule is COc1ccc(C(N)c2cccn(C3CCCC3)c2=O)cc1. The highest BCUT2D eigenvalue weighted by molar-refractivity contribution is 5.34. The molecule has 1 atom stereocenters. The molecular formula is C18H22N2O2. The van der Waals surface area contributed by atoms with Crippen molar-refractivity contribution in [2.45, 2.75) is 37.8 Å². The molecule has 1 unspecified atom stereocenters. The quantitative estimate of drug-likeness (QED) is 0.944. The summed E-state index contributed by atoms with van der Waals surface area (Å²) in [7, 11) is 1.63. The third-order valence-corrected chi connectivity index (χ3v) is 4.53. The monoisotopic (exact) mass is 298 g/mol. The Balaban J connectivity index is 1.93. The van der Waals surface area contributed by atoms with Crippen LogP contribution in [-0.2, 0) is 0 Å². The molecule has 2 N–H and O–H groups in total. The van der Waals surface area contributed by atoms with Gasteiger partial charge in [0.2, 0.25) is 0 Å². The fraction of sp³-hybridized carbons (Fsp3) is 0.389. The number of pyridine rings is 1. The average molecular weight is 298 g/mol. The fourth-order valence-corrected chi connectivity index (χ4v) is 3.22. The van der Waals surface area contributed by atoms with Gasteiger partial charge >= 0.3 is 0 Å². The Kier molecular flexibility index (Phi) is 4.29. The summed E-state index contributed by atoms with van der Waals surface area (Å²) in [6.45, 7) is 0. The Bertz CT molecular complexity index is 685. The van der Waals surface area contributed by atoms with E-state index in [0.717, 1.165) is 24.2 Å². The number of methoxy groups -OCH3 is 1. The third kappa shape index (κ3) is 2.79. The largest absolute Gasteiger partial charge is 0.497 e. The maximum absolute atomic E-state index is 12.8. The molecule has 0 aliphatic heterocycles. The zero-order valence-electron chi connectivity index (χ0n) is 12.9. The van der Waals surface area contributed by atoms with Crippen molar-refractivity contribution >= 4 is 0 Å². The molecule has 1 saturated carbocycles. The van der Waals surface area contributed by atoms with Gasteiger partial charge in [0.1, 0.15) is 5.75 Å². The molecule has 116 valence electrons. The lowest BCUT2D eigenvalue weighted by atomic mass is 10.0. The van der Waals surface area contributed by atoms with Crippen LogP contribution in [0, 0.1) is 0 Å². The summed E-state index contributed by atoms with van der Waals surface area (Å²) in [6.07, 6.45) is 6.46. The topological polar surface area (TPSA) is 57.2 Å². The number of ether oxygens (including phenoxy) is 1. The van der Waals surface area contributed by atoms with Gasteiger partial charge in [0.05, 0.1) is 13.2 Å². The molecule has 1 fully saturated rings. The molecule has 1 aliphatic rings. The van der Waals surface area contributed by atoms with Crippen molar-refractivity contribution in [3.05, 3.63) is 64.1 Å². The minimum atomic E-state index is -0.410. The van der Waals surface area contributed by atoms with Gasteiger partial charge in [-0.3, -0.25) is 4.79 Å². The van der Waals surface area contributed by atoms with Gasteiger partial charge in [-0.25, -0.2) is 0 Å². The molecule has 0 amide bonds. The lowest BCUT2D eigenvalue weighted by molar-refractivity contribution is 0.414. The van der Waals surface area contributed by atoms with Crippen molar-refractivity contribution in [2.75, 3.05) is 7.11 Å². The van der Waals surface area contributed by atoms with Gasteiger partial charge in [0.15, 0.2) is 0 Å². The lowest BCUT2D eigenvalue weighted by Gasteiger charge is -2.18. The van der Waals surface area contributed by atoms with E-state index in [1.54, 1.807) is 7.11 Å². The van der Waals surface area contributed by atoms with Crippen LogP contribution in [0.1, 0.15) is 48.9 Å². The molecule has 1 aromatic heterocycles. The van der Waals surface area contributed by atoms with Gasteiger partial charge in [-0.05, 0) is 36.6 Å². The molecule has 1 aliphatic carbocycles. The minimum absolute atomic E-state index is 0.0396. The van der Waals surface area contributed by atoms with Crippen LogP contribution in [0.4, 0.5) is 0 Å². The first-order valence-corrected chi connectivity index (χ1v) is 7.81. The zero-order valence-corrected chi connectivity index (χ0v) is 12.9. The summed E-state index contributed by atoms with van der Waals surface area (Å²) >= 11 is 0. The predicted molar refractivity (Wildman–Crippen MR) is 87.2 cm³/mol. The van der Waals surface area contributed by atoms with Crippen LogP contribution in [-0.4, -0.2) is 11.7 Å². The molecule has 2 aromatic rings. The van der Waals surface area contributed by atoms with Gasteiger partial charge in [-0.1, -0.05) is 31.0 Å². The zero-order chi connectivity index (χ0) is 15.5. The van der Waals surface area contributed by atoms with Gasteiger partial charge < -0.3 is 15.0 Å². The predicted octanol–water partition coefficient (Wildman–Crippen LogP) is 3.02. The van der Waals surface area contributed by atoms with Crippen LogP contribution in [0.15, 0.2) is 47.4 Å². The second kappa shape index (κ2) is 6.36. The van der Waals surface area contributed by atoms with E-state index in [0.29, 0.717) is 11.6 Å². The fourth-order valence-electron chi connectivity index (χ4n) is 3.22. The molecule has 0 spiro atoms. The van der Waals surface area contributed by atoms with Crippen LogP contribution < -0.4 is 16.0 Å². The molecule has 4 heteroatoms. The Morgan fingerprint density at radius 2 is 1.86 bits per heavy atom. The molecule has 4 nitrogen and oxygen atoms in total. The molecular weight excluding hydrogens is 276 g/mol. The van der Waals surface area contributed by atoms with Gasteiger partial charge in [-0.2, -0.15) is 0 Å². The maximum atomic E-state index is 12.8. The standard InChI is InChI=1S/C18H22N2O2/c1-22-15-10-8-13(9-11-15)17(19)16-7-4-12-20(18(16)21)14-5-2-3-6-14/h4,7-12,14,17H,2-3,5-6,19H2,1H3. The average Bonchev–Trinajstić information content (AvgIpc) is 3.09. The second-order valence-corrected chi connectivity index (χ2v) is 5.87. The van der Waals surface area contributed by atoms with E-state index < -0.39 is 6.04 Å². The first-order valence-electron chi connectivity index (χ1n) is 7.81. The van der Waals surface area contributed by atoms with Crippen molar-refractivity contribution in [1.82, 2.24) is 4.57 Å². The number of aromatic nitrogens is 1. The Hall–Kier alpha value is -2.07. The number of hydrogen-bond donors (Lipinski definition) is 1. The van der Waals surface area contributed by atoms with Crippen LogP contribution in [0.25, 0.3) is 0 Å². The summed E-state index contributed by atoms with van der Waals surface area (Å²) in [5, 5.41) is 0. The number of benzene rings is 1. The van der Waals surface area contributed by atoms with Crippen LogP contribution in [0.3, 0.4) is 0 Å². The van der Waals surface area contributed by atoms with Crippen molar-refractivity contribution < 1.29 is 4.74 Å². The highest BCUT2D eigenvalue weighted by atomic mass is 16.5. The van der Waals surface area contributed by atoms with Crippen LogP contribution >= 0.6 is 0 Å². The molecule has 22 heavy (non-hydrogen) atoms. The van der Waals surface area contributed by atoms with E-state index >= 15 is 0 Å². The lowest BCUT2D eigenvalue weighted by Crippen LogP contribution is -2.30. The van der Waals surface area contributed by atoms with Crippen molar-refractivity contribution in [3.63, 3.8) is 0 Å². The Labute approximate surface area is 130 Å². The van der Waals surface area contributed by atoms with E-state index in [9.17, 15) is 4.79 Å². The number of hydrogen-bond acceptors (Lipinski definition) is 3. The highest BCUT2D eigenvalue weighted by Crippen LogP contribution is 2.28. The van der Waals surface area contributed by atoms with E-state index in [2.05, 4.69) is 0 Å². The minimum Gasteiger partial charge on any atom is -0.497 e. The normalized spacial score (nSPS) is 16.6. The smallest absolute Gasteiger partial charge is 0.255 e. The molecule has 0 saturated heterocycles. The first kappa shape index (κ1) is 14.9. The van der Waals surface area contributed by atoms with Crippen molar-refractivity contribution in [2.24, 2.45) is 5.73 Å². The summed E-state index contributed by atoms with van der Waals surface area (Å²) < 4.78 is 7.03. The van der Waals surface area contributed by atoms with E-state index in [1.807, 2.05) is 47.2 Å². The second-order valence-electron chi connectivity index (χ2n) is 5.87. The summed E-state index contributed by atoms with van der Waals surface area (Å²) in [6, 6.07) is 11.2. The Morgan fingerprint density at radius 1 is 1.18 bits per heavy atom. The molecule has 3 rings (SSSR count). The molecule has 0 radical (unpaired) electrons. The van der Waals surface area contributed by atoms with Crippen LogP contribution in [0.5, 0.6) is 5.75 Å². The molecule has 1 heterocycles. The van der Waals surface area contributed by atoms with Crippen molar-refractivity contribution in [3.8, 4) is 5.75 Å².